The van der Waals surface area contributed by atoms with Crippen LogP contribution in [0.15, 0.2) is 138 Å². The SMILES string of the molecule is C=C/C(=C\C=C(/C)c1ccccc1)c1nc(-c2ccc(-c3ccccc3)cc2)nc(-c2cccc(Br)c2)n1. The van der Waals surface area contributed by atoms with Gasteiger partial charge in [-0.3, -0.25) is 0 Å². The summed E-state index contributed by atoms with van der Waals surface area (Å²) in [5.41, 5.74) is 7.26. The number of hydrogen-bond donors (Lipinski definition) is 0. The van der Waals surface area contributed by atoms with Crippen LogP contribution in [0.1, 0.15) is 18.3 Å². The zero-order valence-corrected chi connectivity index (χ0v) is 22.6. The number of allylic oxidation sites excluding steroid dienone is 5. The molecule has 0 aliphatic heterocycles. The average Bonchev–Trinajstić information content (AvgIpc) is 2.98. The molecule has 0 aliphatic rings. The second kappa shape index (κ2) is 11.8. The number of nitrogens with zero attached hydrogens (tertiary/aromatic N) is 3. The summed E-state index contributed by atoms with van der Waals surface area (Å²) in [4.78, 5) is 14.6. The number of hydrogen-bond acceptors (Lipinski definition) is 3. The van der Waals surface area contributed by atoms with Crippen LogP contribution in [0.3, 0.4) is 0 Å². The van der Waals surface area contributed by atoms with E-state index in [4.69, 9.17) is 15.0 Å². The summed E-state index contributed by atoms with van der Waals surface area (Å²) < 4.78 is 0.964. The third-order valence-electron chi connectivity index (χ3n) is 6.19. The van der Waals surface area contributed by atoms with E-state index in [2.05, 4.69) is 84.0 Å². The average molecular weight is 557 g/mol. The molecule has 0 atom stereocenters. The molecule has 0 amide bonds. The molecule has 0 unspecified atom stereocenters. The molecular weight excluding hydrogens is 530 g/mol. The van der Waals surface area contributed by atoms with Crippen molar-refractivity contribution in [2.45, 2.75) is 6.92 Å². The Bertz CT molecular complexity index is 1620. The van der Waals surface area contributed by atoms with E-state index in [9.17, 15) is 0 Å². The molecule has 0 spiro atoms. The molecule has 5 rings (SSSR count). The van der Waals surface area contributed by atoms with Crippen molar-refractivity contribution < 1.29 is 0 Å². The predicted molar refractivity (Wildman–Crippen MR) is 162 cm³/mol. The zero-order chi connectivity index (χ0) is 26.3. The first-order chi connectivity index (χ1) is 18.6. The Morgan fingerprint density at radius 1 is 0.632 bits per heavy atom. The quantitative estimate of drug-likeness (QED) is 0.188. The fourth-order valence-electron chi connectivity index (χ4n) is 4.08. The fraction of sp³-hybridized carbons (Fsp3) is 0.0294. The van der Waals surface area contributed by atoms with Gasteiger partial charge in [-0.25, -0.2) is 15.0 Å². The number of rotatable bonds is 7. The smallest absolute Gasteiger partial charge is 0.164 e. The van der Waals surface area contributed by atoms with E-state index in [1.807, 2.05) is 66.7 Å². The molecular formula is C34H26BrN3. The summed E-state index contributed by atoms with van der Waals surface area (Å²) in [6.07, 6.45) is 5.87. The van der Waals surface area contributed by atoms with Crippen molar-refractivity contribution in [2.24, 2.45) is 0 Å². The van der Waals surface area contributed by atoms with Gasteiger partial charge in [0.2, 0.25) is 0 Å². The van der Waals surface area contributed by atoms with Gasteiger partial charge in [0.05, 0.1) is 0 Å². The Balaban J connectivity index is 1.59. The van der Waals surface area contributed by atoms with Crippen molar-refractivity contribution in [2.75, 3.05) is 0 Å². The molecule has 1 aromatic heterocycles. The van der Waals surface area contributed by atoms with Crippen LogP contribution in [0.2, 0.25) is 0 Å². The molecule has 0 N–H and O–H groups in total. The van der Waals surface area contributed by atoms with Crippen molar-refractivity contribution in [3.05, 3.63) is 150 Å². The lowest BCUT2D eigenvalue weighted by atomic mass is 10.0. The molecule has 0 fully saturated rings. The highest BCUT2D eigenvalue weighted by Gasteiger charge is 2.13. The van der Waals surface area contributed by atoms with Gasteiger partial charge in [-0.2, -0.15) is 0 Å². The van der Waals surface area contributed by atoms with Crippen molar-refractivity contribution in [1.29, 1.82) is 0 Å². The minimum Gasteiger partial charge on any atom is -0.208 e. The highest BCUT2D eigenvalue weighted by atomic mass is 79.9. The van der Waals surface area contributed by atoms with Gasteiger partial charge in [-0.1, -0.05) is 138 Å². The standard InChI is InChI=1S/C34H26BrN3/c1-3-25(18-17-24(2)26-11-6-4-7-12-26)32-36-33(38-34(37-32)30-15-10-16-31(35)23-30)29-21-19-28(20-22-29)27-13-8-5-9-14-27/h3-23H,1H2,2H3/b24-17+,25-18+. The van der Waals surface area contributed by atoms with Crippen LogP contribution in [-0.4, -0.2) is 15.0 Å². The van der Waals surface area contributed by atoms with E-state index in [1.54, 1.807) is 6.08 Å². The summed E-state index contributed by atoms with van der Waals surface area (Å²) in [6.45, 7) is 6.14. The molecule has 4 heteroatoms. The second-order valence-electron chi connectivity index (χ2n) is 8.80. The molecule has 38 heavy (non-hydrogen) atoms. The first-order valence-electron chi connectivity index (χ1n) is 12.4. The summed E-state index contributed by atoms with van der Waals surface area (Å²) >= 11 is 3.57. The van der Waals surface area contributed by atoms with E-state index in [1.165, 1.54) is 5.56 Å². The van der Waals surface area contributed by atoms with E-state index in [0.29, 0.717) is 17.5 Å². The van der Waals surface area contributed by atoms with Crippen LogP contribution in [0.25, 0.3) is 45.0 Å². The predicted octanol–water partition coefficient (Wildman–Crippen LogP) is 9.31. The van der Waals surface area contributed by atoms with Crippen molar-refractivity contribution in [1.82, 2.24) is 15.0 Å². The van der Waals surface area contributed by atoms with Gasteiger partial charge in [-0.05, 0) is 41.3 Å². The summed E-state index contributed by atoms with van der Waals surface area (Å²) in [5.74, 6) is 1.79. The second-order valence-corrected chi connectivity index (χ2v) is 9.72. The third-order valence-corrected chi connectivity index (χ3v) is 6.68. The van der Waals surface area contributed by atoms with Crippen LogP contribution in [0.5, 0.6) is 0 Å². The van der Waals surface area contributed by atoms with Crippen LogP contribution >= 0.6 is 15.9 Å². The maximum atomic E-state index is 4.87. The Labute approximate surface area is 232 Å². The molecule has 0 bridgehead atoms. The Morgan fingerprint density at radius 3 is 1.87 bits per heavy atom. The fourth-order valence-corrected chi connectivity index (χ4v) is 4.48. The number of halogens is 1. The number of benzene rings is 4. The molecule has 0 radical (unpaired) electrons. The summed E-state index contributed by atoms with van der Waals surface area (Å²) in [6, 6.07) is 36.9. The van der Waals surface area contributed by atoms with Gasteiger partial charge in [0.25, 0.3) is 0 Å². The number of aromatic nitrogens is 3. The van der Waals surface area contributed by atoms with Gasteiger partial charge in [-0.15, -0.1) is 0 Å². The van der Waals surface area contributed by atoms with Crippen molar-refractivity contribution in [3.63, 3.8) is 0 Å². The van der Waals surface area contributed by atoms with Gasteiger partial charge in [0.15, 0.2) is 17.5 Å². The first-order valence-corrected chi connectivity index (χ1v) is 13.1. The monoisotopic (exact) mass is 555 g/mol. The lowest BCUT2D eigenvalue weighted by molar-refractivity contribution is 1.04. The normalized spacial score (nSPS) is 11.8. The molecule has 0 aliphatic carbocycles. The van der Waals surface area contributed by atoms with Gasteiger partial charge < -0.3 is 0 Å². The van der Waals surface area contributed by atoms with Gasteiger partial charge in [0.1, 0.15) is 0 Å². The lowest BCUT2D eigenvalue weighted by Crippen LogP contribution is -2.02. The van der Waals surface area contributed by atoms with Crippen LogP contribution in [0, 0.1) is 0 Å². The van der Waals surface area contributed by atoms with E-state index >= 15 is 0 Å². The Kier molecular flexibility index (Phi) is 7.81. The van der Waals surface area contributed by atoms with Gasteiger partial charge in [0, 0.05) is 21.2 Å². The Hall–Kier alpha value is -4.41. The zero-order valence-electron chi connectivity index (χ0n) is 21.1. The molecule has 5 aromatic rings. The maximum Gasteiger partial charge on any atom is 0.164 e. The van der Waals surface area contributed by atoms with Crippen molar-refractivity contribution in [3.8, 4) is 33.9 Å². The van der Waals surface area contributed by atoms with Crippen molar-refractivity contribution >= 4 is 27.1 Å². The van der Waals surface area contributed by atoms with Gasteiger partial charge >= 0.3 is 0 Å². The summed E-state index contributed by atoms with van der Waals surface area (Å²) in [7, 11) is 0. The largest absolute Gasteiger partial charge is 0.208 e. The molecule has 0 saturated heterocycles. The molecule has 3 nitrogen and oxygen atoms in total. The highest BCUT2D eigenvalue weighted by molar-refractivity contribution is 9.10. The van der Waals surface area contributed by atoms with E-state index < -0.39 is 0 Å². The summed E-state index contributed by atoms with van der Waals surface area (Å²) in [5, 5.41) is 0. The lowest BCUT2D eigenvalue weighted by Gasteiger charge is -2.10. The van der Waals surface area contributed by atoms with E-state index in [-0.39, 0.29) is 0 Å². The van der Waals surface area contributed by atoms with Crippen LogP contribution < -0.4 is 0 Å². The minimum atomic E-state index is 0.573. The van der Waals surface area contributed by atoms with E-state index in [0.717, 1.165) is 37.9 Å². The molecule has 0 saturated carbocycles. The molecule has 4 aromatic carbocycles. The Morgan fingerprint density at radius 2 is 1.21 bits per heavy atom. The van der Waals surface area contributed by atoms with Crippen LogP contribution in [0.4, 0.5) is 0 Å². The highest BCUT2D eigenvalue weighted by Crippen LogP contribution is 2.27. The topological polar surface area (TPSA) is 38.7 Å². The third kappa shape index (κ3) is 5.93. The maximum absolute atomic E-state index is 4.87. The minimum absolute atomic E-state index is 0.573. The van der Waals surface area contributed by atoms with Crippen LogP contribution in [-0.2, 0) is 0 Å². The molecule has 1 heterocycles. The molecule has 184 valence electrons. The first kappa shape index (κ1) is 25.2.